The largest absolute Gasteiger partial charge is 0.366 e. The average Bonchev–Trinajstić information content (AvgIpc) is 2.93. The molecule has 24 heavy (non-hydrogen) atoms. The minimum atomic E-state index is -0.406. The Morgan fingerprint density at radius 3 is 2.50 bits per heavy atom. The summed E-state index contributed by atoms with van der Waals surface area (Å²) in [6.07, 6.45) is 0. The summed E-state index contributed by atoms with van der Waals surface area (Å²) in [5.41, 5.74) is 6.85. The molecule has 1 heterocycles. The third-order valence-corrected chi connectivity index (χ3v) is 4.62. The Bertz CT molecular complexity index is 582. The van der Waals surface area contributed by atoms with Crippen molar-refractivity contribution in [3.05, 3.63) is 35.4 Å². The maximum Gasteiger partial charge on any atom is 0.248 e. The van der Waals surface area contributed by atoms with Gasteiger partial charge in [0.15, 0.2) is 5.96 Å². The molecular weight excluding hydrogens is 302 g/mol. The minimum Gasteiger partial charge on any atom is -0.366 e. The number of hydrogen-bond donors (Lipinski definition) is 3. The van der Waals surface area contributed by atoms with E-state index in [1.165, 1.54) is 0 Å². The molecule has 1 aromatic rings. The first-order chi connectivity index (χ1) is 11.4. The third kappa shape index (κ3) is 4.71. The molecule has 2 rings (SSSR count). The fourth-order valence-corrected chi connectivity index (χ4v) is 2.96. The van der Waals surface area contributed by atoms with Crippen molar-refractivity contribution in [3.63, 3.8) is 0 Å². The number of guanidine groups is 1. The summed E-state index contributed by atoms with van der Waals surface area (Å²) in [5, 5.41) is 6.85. The number of nitrogens with two attached hydrogens (primary N) is 1. The van der Waals surface area contributed by atoms with Crippen molar-refractivity contribution < 1.29 is 4.79 Å². The third-order valence-electron chi connectivity index (χ3n) is 4.62. The molecule has 0 spiro atoms. The lowest BCUT2D eigenvalue weighted by atomic mass is 10.1. The number of benzene rings is 1. The SMILES string of the molecule is CN=C(NCc1ccc(C(N)=O)cc1)NC1CN(C(C)C)CC1C. The summed E-state index contributed by atoms with van der Waals surface area (Å²) in [4.78, 5) is 17.9. The lowest BCUT2D eigenvalue weighted by Crippen LogP contribution is -2.46. The number of hydrogen-bond acceptors (Lipinski definition) is 3. The van der Waals surface area contributed by atoms with Crippen molar-refractivity contribution in [2.75, 3.05) is 20.1 Å². The average molecular weight is 331 g/mol. The second-order valence-electron chi connectivity index (χ2n) is 6.76. The van der Waals surface area contributed by atoms with Crippen molar-refractivity contribution in [1.29, 1.82) is 0 Å². The van der Waals surface area contributed by atoms with Crippen LogP contribution in [-0.4, -0.2) is 49.0 Å². The van der Waals surface area contributed by atoms with Crippen LogP contribution in [0.5, 0.6) is 0 Å². The van der Waals surface area contributed by atoms with Crippen molar-refractivity contribution in [2.24, 2.45) is 16.6 Å². The van der Waals surface area contributed by atoms with Crippen LogP contribution in [0.3, 0.4) is 0 Å². The van der Waals surface area contributed by atoms with Gasteiger partial charge in [-0.25, -0.2) is 0 Å². The maximum absolute atomic E-state index is 11.1. The van der Waals surface area contributed by atoms with E-state index in [1.54, 1.807) is 19.2 Å². The quantitative estimate of drug-likeness (QED) is 0.559. The minimum absolute atomic E-state index is 0.399. The van der Waals surface area contributed by atoms with E-state index in [2.05, 4.69) is 41.3 Å². The monoisotopic (exact) mass is 331 g/mol. The Morgan fingerprint density at radius 2 is 2.00 bits per heavy atom. The zero-order valence-corrected chi connectivity index (χ0v) is 15.0. The van der Waals surface area contributed by atoms with Crippen LogP contribution in [0.1, 0.15) is 36.7 Å². The number of nitrogens with zero attached hydrogens (tertiary/aromatic N) is 2. The molecule has 1 saturated heterocycles. The van der Waals surface area contributed by atoms with Crippen LogP contribution in [0.15, 0.2) is 29.3 Å². The first kappa shape index (κ1) is 18.3. The predicted octanol–water partition coefficient (Wildman–Crippen LogP) is 1.18. The van der Waals surface area contributed by atoms with Gasteiger partial charge in [0.25, 0.3) is 0 Å². The molecule has 0 aromatic heterocycles. The lowest BCUT2D eigenvalue weighted by Gasteiger charge is -2.22. The highest BCUT2D eigenvalue weighted by Crippen LogP contribution is 2.18. The number of amides is 1. The van der Waals surface area contributed by atoms with Crippen LogP contribution in [-0.2, 0) is 6.54 Å². The number of aliphatic imine (C=N–C) groups is 1. The molecule has 0 bridgehead atoms. The zero-order valence-electron chi connectivity index (χ0n) is 15.0. The molecule has 2 atom stereocenters. The van der Waals surface area contributed by atoms with Crippen LogP contribution in [0.4, 0.5) is 0 Å². The molecule has 0 radical (unpaired) electrons. The van der Waals surface area contributed by atoms with E-state index < -0.39 is 5.91 Å². The molecule has 1 aliphatic rings. The lowest BCUT2D eigenvalue weighted by molar-refractivity contribution is 0.100. The second-order valence-corrected chi connectivity index (χ2v) is 6.76. The molecule has 1 aliphatic heterocycles. The highest BCUT2D eigenvalue weighted by atomic mass is 16.1. The van der Waals surface area contributed by atoms with Crippen LogP contribution < -0.4 is 16.4 Å². The van der Waals surface area contributed by atoms with Gasteiger partial charge in [0.2, 0.25) is 5.91 Å². The molecule has 2 unspecified atom stereocenters. The summed E-state index contributed by atoms with van der Waals surface area (Å²) in [5.74, 6) is 0.981. The number of rotatable bonds is 5. The molecule has 0 saturated carbocycles. The van der Waals surface area contributed by atoms with Gasteiger partial charge in [-0.2, -0.15) is 0 Å². The smallest absolute Gasteiger partial charge is 0.248 e. The Morgan fingerprint density at radius 1 is 1.33 bits per heavy atom. The Labute approximate surface area is 144 Å². The van der Waals surface area contributed by atoms with Gasteiger partial charge in [-0.3, -0.25) is 14.7 Å². The number of primary amides is 1. The van der Waals surface area contributed by atoms with E-state index in [-0.39, 0.29) is 0 Å². The normalized spacial score (nSPS) is 22.0. The molecule has 6 heteroatoms. The van der Waals surface area contributed by atoms with Gasteiger partial charge < -0.3 is 16.4 Å². The van der Waals surface area contributed by atoms with Crippen molar-refractivity contribution in [2.45, 2.75) is 39.4 Å². The van der Waals surface area contributed by atoms with E-state index >= 15 is 0 Å². The van der Waals surface area contributed by atoms with Crippen molar-refractivity contribution >= 4 is 11.9 Å². The predicted molar refractivity (Wildman–Crippen MR) is 98.0 cm³/mol. The summed E-state index contributed by atoms with van der Waals surface area (Å²) >= 11 is 0. The molecule has 4 N–H and O–H groups in total. The maximum atomic E-state index is 11.1. The van der Waals surface area contributed by atoms with Gasteiger partial charge >= 0.3 is 0 Å². The van der Waals surface area contributed by atoms with Crippen LogP contribution in [0, 0.1) is 5.92 Å². The first-order valence-electron chi connectivity index (χ1n) is 8.50. The number of nitrogens with one attached hydrogen (secondary N) is 2. The zero-order chi connectivity index (χ0) is 17.7. The van der Waals surface area contributed by atoms with E-state index in [1.807, 2.05) is 12.1 Å². The van der Waals surface area contributed by atoms with Crippen LogP contribution >= 0.6 is 0 Å². The summed E-state index contributed by atoms with van der Waals surface area (Å²) in [7, 11) is 1.78. The molecule has 1 aromatic carbocycles. The van der Waals surface area contributed by atoms with Crippen molar-refractivity contribution in [3.8, 4) is 0 Å². The molecule has 0 aliphatic carbocycles. The Hall–Kier alpha value is -2.08. The first-order valence-corrected chi connectivity index (χ1v) is 8.50. The van der Waals surface area contributed by atoms with E-state index in [0.717, 1.165) is 24.6 Å². The number of carbonyl (C=O) groups excluding carboxylic acids is 1. The molecule has 6 nitrogen and oxygen atoms in total. The number of carbonyl (C=O) groups is 1. The van der Waals surface area contributed by atoms with Gasteiger partial charge in [0.05, 0.1) is 0 Å². The van der Waals surface area contributed by atoms with E-state index in [9.17, 15) is 4.79 Å². The standard InChI is InChI=1S/C18H29N5O/c1-12(2)23-10-13(3)16(11-23)22-18(20-4)21-9-14-5-7-15(8-6-14)17(19)24/h5-8,12-13,16H,9-11H2,1-4H3,(H2,19,24)(H2,20,21,22). The second kappa shape index (κ2) is 8.15. The van der Waals surface area contributed by atoms with E-state index in [0.29, 0.717) is 30.1 Å². The Balaban J connectivity index is 1.87. The van der Waals surface area contributed by atoms with E-state index in [4.69, 9.17) is 5.73 Å². The van der Waals surface area contributed by atoms with Gasteiger partial charge in [0.1, 0.15) is 0 Å². The summed E-state index contributed by atoms with van der Waals surface area (Å²) in [6.45, 7) is 9.53. The van der Waals surface area contributed by atoms with Crippen LogP contribution in [0.25, 0.3) is 0 Å². The highest BCUT2D eigenvalue weighted by Gasteiger charge is 2.31. The van der Waals surface area contributed by atoms with Gasteiger partial charge in [-0.1, -0.05) is 19.1 Å². The molecular formula is C18H29N5O. The summed E-state index contributed by atoms with van der Waals surface area (Å²) in [6, 6.07) is 8.26. The molecule has 1 fully saturated rings. The van der Waals surface area contributed by atoms with Gasteiger partial charge in [0, 0.05) is 44.3 Å². The molecule has 132 valence electrons. The summed E-state index contributed by atoms with van der Waals surface area (Å²) < 4.78 is 0. The molecule has 1 amide bonds. The Kier molecular flexibility index (Phi) is 6.20. The topological polar surface area (TPSA) is 82.7 Å². The fraction of sp³-hybridized carbons (Fsp3) is 0.556. The number of likely N-dealkylation sites (tertiary alicyclic amines) is 1. The highest BCUT2D eigenvalue weighted by molar-refractivity contribution is 5.92. The van der Waals surface area contributed by atoms with Crippen molar-refractivity contribution in [1.82, 2.24) is 15.5 Å². The van der Waals surface area contributed by atoms with Gasteiger partial charge in [-0.05, 0) is 37.5 Å². The van der Waals surface area contributed by atoms with Gasteiger partial charge in [-0.15, -0.1) is 0 Å². The fourth-order valence-electron chi connectivity index (χ4n) is 2.96. The van der Waals surface area contributed by atoms with Crippen LogP contribution in [0.2, 0.25) is 0 Å².